The van der Waals surface area contributed by atoms with Gasteiger partial charge < -0.3 is 9.64 Å². The topological polar surface area (TPSA) is 87.7 Å². The molecule has 8 nitrogen and oxygen atoms in total. The van der Waals surface area contributed by atoms with Gasteiger partial charge in [-0.15, -0.1) is 0 Å². The van der Waals surface area contributed by atoms with Gasteiger partial charge in [0, 0.05) is 37.8 Å². The zero-order chi connectivity index (χ0) is 23.9. The minimum Gasteiger partial charge on any atom is -0.476 e. The van der Waals surface area contributed by atoms with Gasteiger partial charge in [0.05, 0.1) is 16.6 Å². The van der Waals surface area contributed by atoms with Gasteiger partial charge in [0.1, 0.15) is 6.61 Å². The van der Waals surface area contributed by atoms with E-state index in [1.54, 1.807) is 24.3 Å². The van der Waals surface area contributed by atoms with Crippen LogP contribution < -0.4 is 9.46 Å². The van der Waals surface area contributed by atoms with E-state index in [0.717, 1.165) is 41.9 Å². The number of aromatic nitrogens is 2. The van der Waals surface area contributed by atoms with Crippen LogP contribution in [0.4, 0.5) is 5.95 Å². The molecule has 2 aromatic carbocycles. The molecular weight excluding hydrogens is 450 g/mol. The second-order valence-electron chi connectivity index (χ2n) is 9.13. The van der Waals surface area contributed by atoms with Crippen LogP contribution in [0.1, 0.15) is 16.7 Å². The maximum absolute atomic E-state index is 13.2. The molecule has 34 heavy (non-hydrogen) atoms. The molecule has 3 heterocycles. The average Bonchev–Trinajstić information content (AvgIpc) is 2.79. The van der Waals surface area contributed by atoms with Gasteiger partial charge in [-0.25, -0.2) is 18.1 Å². The Morgan fingerprint density at radius 2 is 1.79 bits per heavy atom. The largest absolute Gasteiger partial charge is 0.476 e. The highest BCUT2D eigenvalue weighted by atomic mass is 32.2. The van der Waals surface area contributed by atoms with E-state index in [1.165, 1.54) is 0 Å². The van der Waals surface area contributed by atoms with E-state index in [1.807, 2.05) is 38.1 Å². The molecule has 9 heteroatoms. The third-order valence-corrected chi connectivity index (χ3v) is 7.82. The lowest BCUT2D eigenvalue weighted by Gasteiger charge is -2.39. The van der Waals surface area contributed by atoms with Crippen LogP contribution >= 0.6 is 0 Å². The van der Waals surface area contributed by atoms with E-state index in [2.05, 4.69) is 31.5 Å². The van der Waals surface area contributed by atoms with Crippen molar-refractivity contribution in [1.29, 1.82) is 0 Å². The molecule has 0 spiro atoms. The minimum absolute atomic E-state index is 0.00239. The van der Waals surface area contributed by atoms with Crippen molar-refractivity contribution in [3.8, 4) is 17.1 Å². The standard InChI is InChI=1S/C25H29N5O3S/c1-17-6-4-7-18(2)24(17)22-13-23-27-25(26-22)28-34(31,32)21-9-5-8-19(12-21)14-30-11-10-29(3)15-20(30)16-33-23/h4-9,12-13,20H,10-11,14-16H2,1-3H3,(H,26,27,28)/t20-/m1/s1. The predicted molar refractivity (Wildman–Crippen MR) is 131 cm³/mol. The molecule has 1 aromatic heterocycles. The normalized spacial score (nSPS) is 20.6. The molecule has 2 aliphatic rings. The summed E-state index contributed by atoms with van der Waals surface area (Å²) in [7, 11) is -1.76. The summed E-state index contributed by atoms with van der Waals surface area (Å²) in [5.74, 6) is 0.349. The van der Waals surface area contributed by atoms with E-state index in [4.69, 9.17) is 4.74 Å². The van der Waals surface area contributed by atoms with Crippen LogP contribution in [0.25, 0.3) is 11.3 Å². The van der Waals surface area contributed by atoms with Crippen molar-refractivity contribution in [2.24, 2.45) is 0 Å². The van der Waals surface area contributed by atoms with Crippen molar-refractivity contribution in [3.63, 3.8) is 0 Å². The molecule has 5 rings (SSSR count). The molecular formula is C25H29N5O3S. The molecule has 1 N–H and O–H groups in total. The Morgan fingerprint density at radius 1 is 1.03 bits per heavy atom. The van der Waals surface area contributed by atoms with E-state index in [9.17, 15) is 8.42 Å². The molecule has 0 saturated carbocycles. The first-order valence-corrected chi connectivity index (χ1v) is 12.9. The summed E-state index contributed by atoms with van der Waals surface area (Å²) in [5.41, 5.74) is 4.61. The first-order valence-electron chi connectivity index (χ1n) is 11.4. The number of rotatable bonds is 1. The number of anilines is 1. The lowest BCUT2D eigenvalue weighted by molar-refractivity contribution is 0.0514. The number of piperazine rings is 1. The van der Waals surface area contributed by atoms with Crippen LogP contribution in [0.15, 0.2) is 53.4 Å². The molecule has 0 unspecified atom stereocenters. The van der Waals surface area contributed by atoms with Crippen molar-refractivity contribution >= 4 is 16.0 Å². The SMILES string of the molecule is Cc1cccc(C)c1-c1cc2nc(n1)NS(=O)(=O)c1cccc(c1)CN1CCN(C)C[C@@H]1CO2. The number of fused-ring (bicyclic) bond motifs is 5. The molecule has 1 fully saturated rings. The summed E-state index contributed by atoms with van der Waals surface area (Å²) in [6.45, 7) is 7.81. The number of sulfonamides is 1. The Hall–Kier alpha value is -3.01. The Morgan fingerprint density at radius 3 is 2.59 bits per heavy atom. The Bertz CT molecular complexity index is 1310. The quantitative estimate of drug-likeness (QED) is 0.574. The third kappa shape index (κ3) is 4.64. The van der Waals surface area contributed by atoms with Gasteiger partial charge in [0.25, 0.3) is 10.0 Å². The first-order chi connectivity index (χ1) is 16.3. The summed E-state index contributed by atoms with van der Waals surface area (Å²) < 4.78 is 35.2. The predicted octanol–water partition coefficient (Wildman–Crippen LogP) is 3.07. The summed E-state index contributed by atoms with van der Waals surface area (Å²) in [6.07, 6.45) is 0. The van der Waals surface area contributed by atoms with Gasteiger partial charge in [-0.05, 0) is 49.7 Å². The van der Waals surface area contributed by atoms with Gasteiger partial charge in [-0.2, -0.15) is 4.98 Å². The molecule has 0 radical (unpaired) electrons. The number of benzene rings is 2. The lowest BCUT2D eigenvalue weighted by atomic mass is 10.00. The van der Waals surface area contributed by atoms with E-state index in [0.29, 0.717) is 24.7 Å². The molecule has 4 bridgehead atoms. The highest BCUT2D eigenvalue weighted by Crippen LogP contribution is 2.30. The van der Waals surface area contributed by atoms with Gasteiger partial charge in [0.15, 0.2) is 0 Å². The fourth-order valence-electron chi connectivity index (χ4n) is 4.71. The second kappa shape index (κ2) is 8.98. The highest BCUT2D eigenvalue weighted by molar-refractivity contribution is 7.92. The molecule has 1 saturated heterocycles. The second-order valence-corrected chi connectivity index (χ2v) is 10.8. The van der Waals surface area contributed by atoms with E-state index < -0.39 is 10.0 Å². The average molecular weight is 480 g/mol. The van der Waals surface area contributed by atoms with Crippen molar-refractivity contribution in [3.05, 3.63) is 65.2 Å². The van der Waals surface area contributed by atoms with Crippen LogP contribution in [0.3, 0.4) is 0 Å². The summed E-state index contributed by atoms with van der Waals surface area (Å²) in [5, 5.41) is 0. The smallest absolute Gasteiger partial charge is 0.264 e. The summed E-state index contributed by atoms with van der Waals surface area (Å²) >= 11 is 0. The van der Waals surface area contributed by atoms with Crippen LogP contribution in [0, 0.1) is 13.8 Å². The number of hydrogen-bond acceptors (Lipinski definition) is 7. The number of ether oxygens (including phenoxy) is 1. The van der Waals surface area contributed by atoms with Gasteiger partial charge >= 0.3 is 0 Å². The number of likely N-dealkylation sites (N-methyl/N-ethyl adjacent to an activating group) is 1. The Labute approximate surface area is 200 Å². The van der Waals surface area contributed by atoms with Crippen LogP contribution in [-0.2, 0) is 16.6 Å². The number of nitrogens with zero attached hydrogens (tertiary/aromatic N) is 4. The van der Waals surface area contributed by atoms with Gasteiger partial charge in [-0.1, -0.05) is 30.3 Å². The number of aryl methyl sites for hydroxylation is 2. The molecule has 1 atom stereocenters. The molecule has 3 aromatic rings. The highest BCUT2D eigenvalue weighted by Gasteiger charge is 2.28. The zero-order valence-corrected chi connectivity index (χ0v) is 20.5. The summed E-state index contributed by atoms with van der Waals surface area (Å²) in [4.78, 5) is 13.8. The fraction of sp³-hybridized carbons (Fsp3) is 0.360. The first kappa shape index (κ1) is 22.8. The van der Waals surface area contributed by atoms with Crippen LogP contribution in [-0.4, -0.2) is 67.5 Å². The van der Waals surface area contributed by atoms with E-state index >= 15 is 0 Å². The van der Waals surface area contributed by atoms with Crippen molar-refractivity contribution < 1.29 is 13.2 Å². The van der Waals surface area contributed by atoms with Gasteiger partial charge in [-0.3, -0.25) is 4.90 Å². The monoisotopic (exact) mass is 479 g/mol. The van der Waals surface area contributed by atoms with Crippen LogP contribution in [0.2, 0.25) is 0 Å². The van der Waals surface area contributed by atoms with Crippen molar-refractivity contribution in [2.45, 2.75) is 31.3 Å². The third-order valence-electron chi connectivity index (χ3n) is 6.49. The van der Waals surface area contributed by atoms with Crippen LogP contribution in [0.5, 0.6) is 5.88 Å². The zero-order valence-electron chi connectivity index (χ0n) is 19.7. The Balaban J connectivity index is 1.63. The van der Waals surface area contributed by atoms with E-state index in [-0.39, 0.29) is 16.9 Å². The minimum atomic E-state index is -3.87. The summed E-state index contributed by atoms with van der Waals surface area (Å²) in [6, 6.07) is 15.0. The fourth-order valence-corrected chi connectivity index (χ4v) is 5.73. The lowest BCUT2D eigenvalue weighted by Crippen LogP contribution is -2.53. The number of hydrogen-bond donors (Lipinski definition) is 1. The maximum Gasteiger partial charge on any atom is 0.264 e. The van der Waals surface area contributed by atoms with Gasteiger partial charge in [0.2, 0.25) is 11.8 Å². The molecule has 0 amide bonds. The Kier molecular flexibility index (Phi) is 6.01. The molecule has 0 aliphatic carbocycles. The maximum atomic E-state index is 13.2. The molecule has 178 valence electrons. The number of nitrogens with one attached hydrogen (secondary N) is 1. The van der Waals surface area contributed by atoms with Crippen molar-refractivity contribution in [2.75, 3.05) is 38.0 Å². The molecule has 2 aliphatic heterocycles. The van der Waals surface area contributed by atoms with Crippen molar-refractivity contribution in [1.82, 2.24) is 19.8 Å².